The number of phenols is 1. The van der Waals surface area contributed by atoms with Crippen LogP contribution in [0.4, 0.5) is 10.2 Å². The molecule has 0 saturated heterocycles. The average Bonchev–Trinajstić information content (AvgIpc) is 3.38. The number of phenolic OH excluding ortho intramolecular Hbond substituents is 1. The zero-order valence-corrected chi connectivity index (χ0v) is 13.3. The van der Waals surface area contributed by atoms with E-state index in [1.165, 1.54) is 31.4 Å². The molecule has 0 radical (unpaired) electrons. The number of aryl methyl sites for hydroxylation is 1. The molecule has 0 unspecified atom stereocenters. The fourth-order valence-corrected chi connectivity index (χ4v) is 2.25. The van der Waals surface area contributed by atoms with Gasteiger partial charge in [-0.2, -0.15) is 0 Å². The van der Waals surface area contributed by atoms with Gasteiger partial charge in [0, 0.05) is 6.20 Å². The van der Waals surface area contributed by atoms with Crippen molar-refractivity contribution in [2.24, 2.45) is 0 Å². The molecule has 1 aromatic carbocycles. The molecule has 1 amide bonds. The molecule has 124 valence electrons. The number of amides is 1. The zero-order chi connectivity index (χ0) is 17.1. The first-order valence-electron chi connectivity index (χ1n) is 7.77. The molecular weight excluding hydrogens is 309 g/mol. The lowest BCUT2D eigenvalue weighted by atomic mass is 10.0. The summed E-state index contributed by atoms with van der Waals surface area (Å²) in [7, 11) is 0. The summed E-state index contributed by atoms with van der Waals surface area (Å²) >= 11 is 0. The third kappa shape index (κ3) is 3.53. The van der Waals surface area contributed by atoms with Gasteiger partial charge in [-0.3, -0.25) is 4.79 Å². The minimum atomic E-state index is -0.641. The van der Waals surface area contributed by atoms with Gasteiger partial charge in [-0.05, 0) is 47.9 Å². The van der Waals surface area contributed by atoms with Gasteiger partial charge >= 0.3 is 0 Å². The molecule has 6 heteroatoms. The van der Waals surface area contributed by atoms with Gasteiger partial charge in [0.05, 0.1) is 6.20 Å². The molecule has 0 aliphatic heterocycles. The van der Waals surface area contributed by atoms with Crippen LogP contribution in [0.15, 0.2) is 36.7 Å². The highest BCUT2D eigenvalue weighted by Crippen LogP contribution is 2.29. The molecule has 4 rings (SSSR count). The molecule has 0 atom stereocenters. The van der Waals surface area contributed by atoms with Gasteiger partial charge in [-0.15, -0.1) is 0 Å². The van der Waals surface area contributed by atoms with Gasteiger partial charge in [0.25, 0.3) is 0 Å². The number of carbonyl (C=O) groups is 1. The Labute approximate surface area is 138 Å². The number of imidazole rings is 1. The number of aromatic hydroxyl groups is 1. The van der Waals surface area contributed by atoms with E-state index >= 15 is 0 Å². The fourth-order valence-electron chi connectivity index (χ4n) is 2.25. The van der Waals surface area contributed by atoms with Crippen molar-refractivity contribution in [3.05, 3.63) is 48.0 Å². The second kappa shape index (κ2) is 6.70. The van der Waals surface area contributed by atoms with Crippen molar-refractivity contribution in [3.63, 3.8) is 0 Å². The van der Waals surface area contributed by atoms with E-state index in [1.54, 1.807) is 29.8 Å². The Morgan fingerprint density at radius 1 is 1.25 bits per heavy atom. The lowest BCUT2D eigenvalue weighted by Crippen LogP contribution is -1.92. The molecule has 24 heavy (non-hydrogen) atoms. The van der Waals surface area contributed by atoms with Crippen LogP contribution in [-0.2, 0) is 4.79 Å². The van der Waals surface area contributed by atoms with Gasteiger partial charge < -0.3 is 14.8 Å². The molecular formula is C18H18FN3O2. The van der Waals surface area contributed by atoms with Crippen LogP contribution in [0.25, 0.3) is 16.8 Å². The van der Waals surface area contributed by atoms with Crippen LogP contribution in [0.3, 0.4) is 0 Å². The quantitative estimate of drug-likeness (QED) is 0.717. The number of carbonyl (C=O) groups excluding carboxylic acids is 1. The molecule has 3 aromatic rings. The van der Waals surface area contributed by atoms with E-state index in [4.69, 9.17) is 0 Å². The van der Waals surface area contributed by atoms with Gasteiger partial charge in [-0.25, -0.2) is 9.37 Å². The molecule has 0 bridgehead atoms. The number of benzene rings is 1. The van der Waals surface area contributed by atoms with Crippen LogP contribution in [0.5, 0.6) is 5.75 Å². The maximum Gasteiger partial charge on any atom is 0.212 e. The van der Waals surface area contributed by atoms with Crippen LogP contribution in [0.2, 0.25) is 0 Å². The highest BCUT2D eigenvalue weighted by molar-refractivity contribution is 5.72. The average molecular weight is 327 g/mol. The van der Waals surface area contributed by atoms with E-state index in [1.807, 2.05) is 6.07 Å². The van der Waals surface area contributed by atoms with Crippen LogP contribution in [0.1, 0.15) is 24.8 Å². The summed E-state index contributed by atoms with van der Waals surface area (Å²) in [6, 6.07) is 6.30. The molecule has 2 N–H and O–H groups in total. The van der Waals surface area contributed by atoms with Crippen LogP contribution in [-0.4, -0.2) is 20.9 Å². The number of aromatic nitrogens is 2. The summed E-state index contributed by atoms with van der Waals surface area (Å²) in [6.45, 7) is 1.77. The molecule has 1 aliphatic rings. The maximum absolute atomic E-state index is 13.3. The minimum absolute atomic E-state index is 0.385. The first-order valence-corrected chi connectivity index (χ1v) is 7.77. The summed E-state index contributed by atoms with van der Waals surface area (Å²) in [4.78, 5) is 14.6. The number of hydrogen-bond donors (Lipinski definition) is 2. The van der Waals surface area contributed by atoms with Crippen molar-refractivity contribution in [3.8, 4) is 16.9 Å². The Morgan fingerprint density at radius 3 is 2.67 bits per heavy atom. The molecule has 1 fully saturated rings. The van der Waals surface area contributed by atoms with Crippen molar-refractivity contribution in [1.29, 1.82) is 0 Å². The predicted octanol–water partition coefficient (Wildman–Crippen LogP) is 3.89. The van der Waals surface area contributed by atoms with E-state index in [-0.39, 0.29) is 5.75 Å². The standard InChI is InChI=1S/C15H12FN3O2.C3H6/c1-9-4-12(16)13(21)5-11(9)10-2-3-15-18-14(17-8-20)7-19(15)6-10;1-2-3-1/h2-8,21H,1H3,(H,17,20);1-3H2. The largest absolute Gasteiger partial charge is 0.505 e. The van der Waals surface area contributed by atoms with Crippen molar-refractivity contribution >= 4 is 17.9 Å². The maximum atomic E-state index is 13.3. The van der Waals surface area contributed by atoms with Crippen molar-refractivity contribution in [2.75, 3.05) is 5.32 Å². The number of nitrogens with zero attached hydrogens (tertiary/aromatic N) is 2. The second-order valence-corrected chi connectivity index (χ2v) is 5.75. The van der Waals surface area contributed by atoms with E-state index in [0.717, 1.165) is 16.7 Å². The summed E-state index contributed by atoms with van der Waals surface area (Å²) in [5.41, 5.74) is 2.93. The van der Waals surface area contributed by atoms with Gasteiger partial charge in [-0.1, -0.05) is 19.3 Å². The van der Waals surface area contributed by atoms with Crippen molar-refractivity contribution < 1.29 is 14.3 Å². The van der Waals surface area contributed by atoms with E-state index in [0.29, 0.717) is 17.9 Å². The van der Waals surface area contributed by atoms with E-state index in [2.05, 4.69) is 10.3 Å². The Hall–Kier alpha value is -2.89. The number of fused-ring (bicyclic) bond motifs is 1. The summed E-state index contributed by atoms with van der Waals surface area (Å²) < 4.78 is 15.1. The van der Waals surface area contributed by atoms with Crippen LogP contribution >= 0.6 is 0 Å². The third-order valence-electron chi connectivity index (χ3n) is 3.62. The highest BCUT2D eigenvalue weighted by atomic mass is 19.1. The Bertz CT molecular complexity index is 885. The number of rotatable bonds is 3. The normalized spacial score (nSPS) is 12.4. The molecule has 2 aromatic heterocycles. The zero-order valence-electron chi connectivity index (χ0n) is 13.3. The number of halogens is 1. The number of anilines is 1. The van der Waals surface area contributed by atoms with E-state index in [9.17, 15) is 14.3 Å². The molecule has 1 aliphatic carbocycles. The molecule has 0 spiro atoms. The monoisotopic (exact) mass is 327 g/mol. The van der Waals surface area contributed by atoms with Crippen LogP contribution in [0, 0.1) is 12.7 Å². The topological polar surface area (TPSA) is 66.6 Å². The highest BCUT2D eigenvalue weighted by Gasteiger charge is 2.09. The Morgan fingerprint density at radius 2 is 2.00 bits per heavy atom. The molecule has 5 nitrogen and oxygen atoms in total. The smallest absolute Gasteiger partial charge is 0.212 e. The first kappa shape index (κ1) is 16.0. The van der Waals surface area contributed by atoms with Crippen LogP contribution < -0.4 is 5.32 Å². The van der Waals surface area contributed by atoms with E-state index < -0.39 is 5.82 Å². The number of hydrogen-bond acceptors (Lipinski definition) is 3. The SMILES string of the molecule is C1CC1.Cc1cc(F)c(O)cc1-c1ccc2nc(NC=O)cn2c1. The van der Waals surface area contributed by atoms with Gasteiger partial charge in [0.2, 0.25) is 6.41 Å². The fraction of sp³-hybridized carbons (Fsp3) is 0.222. The van der Waals surface area contributed by atoms with Crippen molar-refractivity contribution in [2.45, 2.75) is 26.2 Å². The molecule has 1 saturated carbocycles. The Kier molecular flexibility index (Phi) is 4.46. The Balaban J connectivity index is 0.000000508. The lowest BCUT2D eigenvalue weighted by molar-refractivity contribution is -0.105. The van der Waals surface area contributed by atoms with Gasteiger partial charge in [0.1, 0.15) is 5.65 Å². The summed E-state index contributed by atoms with van der Waals surface area (Å²) in [5, 5.41) is 12.0. The molecule has 2 heterocycles. The second-order valence-electron chi connectivity index (χ2n) is 5.75. The lowest BCUT2D eigenvalue weighted by Gasteiger charge is -2.08. The minimum Gasteiger partial charge on any atom is -0.505 e. The summed E-state index contributed by atoms with van der Waals surface area (Å²) in [5.74, 6) is -0.581. The summed E-state index contributed by atoms with van der Waals surface area (Å²) in [6.07, 6.45) is 8.54. The van der Waals surface area contributed by atoms with Gasteiger partial charge in [0.15, 0.2) is 17.4 Å². The third-order valence-corrected chi connectivity index (χ3v) is 3.62. The van der Waals surface area contributed by atoms with Crippen molar-refractivity contribution in [1.82, 2.24) is 9.38 Å². The predicted molar refractivity (Wildman–Crippen MR) is 90.5 cm³/mol. The number of pyridine rings is 1. The number of nitrogens with one attached hydrogen (secondary N) is 1. The first-order chi connectivity index (χ1) is 11.6.